The molecule has 0 aliphatic rings. The molecule has 1 atom stereocenters. The second kappa shape index (κ2) is 5.90. The Bertz CT molecular complexity index is 579. The van der Waals surface area contributed by atoms with Crippen molar-refractivity contribution >= 4 is 17.0 Å². The monoisotopic (exact) mass is 270 g/mol. The predicted molar refractivity (Wildman–Crippen MR) is 81.4 cm³/mol. The Balaban J connectivity index is 2.33. The van der Waals surface area contributed by atoms with E-state index in [1.807, 2.05) is 25.1 Å². The van der Waals surface area contributed by atoms with Crippen LogP contribution in [-0.4, -0.2) is 0 Å². The highest BCUT2D eigenvalue weighted by molar-refractivity contribution is 7.10. The highest BCUT2D eigenvalue weighted by Crippen LogP contribution is 2.31. The van der Waals surface area contributed by atoms with Crippen molar-refractivity contribution in [1.29, 1.82) is 5.26 Å². The van der Waals surface area contributed by atoms with E-state index in [0.717, 1.165) is 11.3 Å². The van der Waals surface area contributed by atoms with Gasteiger partial charge in [0.2, 0.25) is 0 Å². The summed E-state index contributed by atoms with van der Waals surface area (Å²) in [5, 5.41) is 14.8. The van der Waals surface area contributed by atoms with Gasteiger partial charge in [-0.1, -0.05) is 26.0 Å². The molecule has 0 saturated carbocycles. The molecule has 2 aromatic rings. The summed E-state index contributed by atoms with van der Waals surface area (Å²) in [5.41, 5.74) is 2.79. The highest BCUT2D eigenvalue weighted by atomic mass is 32.1. The van der Waals surface area contributed by atoms with E-state index in [1.54, 1.807) is 11.3 Å². The Morgan fingerprint density at radius 2 is 2.05 bits per heavy atom. The second-order valence-electron chi connectivity index (χ2n) is 5.04. The molecule has 2 rings (SSSR count). The average Bonchev–Trinajstić information content (AvgIpc) is 2.89. The Morgan fingerprint density at radius 1 is 1.26 bits per heavy atom. The number of nitrogens with zero attached hydrogens (tertiary/aromatic N) is 1. The molecule has 0 amide bonds. The number of nitrogens with one attached hydrogen (secondary N) is 1. The molecule has 0 aliphatic heterocycles. The van der Waals surface area contributed by atoms with Crippen molar-refractivity contribution in [1.82, 2.24) is 0 Å². The van der Waals surface area contributed by atoms with Gasteiger partial charge >= 0.3 is 0 Å². The van der Waals surface area contributed by atoms with Crippen molar-refractivity contribution in [2.75, 3.05) is 5.32 Å². The molecule has 19 heavy (non-hydrogen) atoms. The van der Waals surface area contributed by atoms with Gasteiger partial charge in [-0.25, -0.2) is 0 Å². The molecule has 98 valence electrons. The van der Waals surface area contributed by atoms with Gasteiger partial charge in [0.25, 0.3) is 0 Å². The fourth-order valence-corrected chi connectivity index (χ4v) is 3.03. The van der Waals surface area contributed by atoms with Crippen LogP contribution >= 0.6 is 11.3 Å². The third-order valence-electron chi connectivity index (χ3n) is 3.12. The molecule has 1 N–H and O–H groups in total. The van der Waals surface area contributed by atoms with Crippen molar-refractivity contribution in [3.8, 4) is 6.07 Å². The lowest BCUT2D eigenvalue weighted by molar-refractivity contribution is 0.553. The molecule has 1 heterocycles. The maximum absolute atomic E-state index is 9.20. The Labute approximate surface area is 118 Å². The van der Waals surface area contributed by atoms with E-state index < -0.39 is 0 Å². The molecular weight excluding hydrogens is 252 g/mol. The standard InChI is InChI=1S/C16H18N2S/c1-11(2)16(15-5-4-8-19-15)18-14-9-12(3)6-7-13(14)10-17/h4-9,11,16,18H,1-3H3. The average molecular weight is 270 g/mol. The van der Waals surface area contributed by atoms with Crippen molar-refractivity contribution in [3.63, 3.8) is 0 Å². The molecular formula is C16H18N2S. The minimum atomic E-state index is 0.244. The second-order valence-corrected chi connectivity index (χ2v) is 6.02. The zero-order valence-electron chi connectivity index (χ0n) is 11.5. The third kappa shape index (κ3) is 3.15. The van der Waals surface area contributed by atoms with Gasteiger partial charge in [-0.3, -0.25) is 0 Å². The van der Waals surface area contributed by atoms with Crippen LogP contribution in [0.3, 0.4) is 0 Å². The van der Waals surface area contributed by atoms with Crippen molar-refractivity contribution in [3.05, 3.63) is 51.7 Å². The molecule has 1 aromatic carbocycles. The topological polar surface area (TPSA) is 35.8 Å². The van der Waals surface area contributed by atoms with Crippen LogP contribution in [0.1, 0.15) is 35.9 Å². The molecule has 3 heteroatoms. The molecule has 0 spiro atoms. The van der Waals surface area contributed by atoms with Crippen LogP contribution in [0.5, 0.6) is 0 Å². The molecule has 0 aliphatic carbocycles. The lowest BCUT2D eigenvalue weighted by atomic mass is 10.0. The molecule has 0 radical (unpaired) electrons. The fraction of sp³-hybridized carbons (Fsp3) is 0.312. The quantitative estimate of drug-likeness (QED) is 0.871. The van der Waals surface area contributed by atoms with Gasteiger partial charge in [-0.2, -0.15) is 5.26 Å². The maximum atomic E-state index is 9.20. The number of aryl methyl sites for hydroxylation is 1. The largest absolute Gasteiger partial charge is 0.376 e. The van der Waals surface area contributed by atoms with Gasteiger partial charge in [0.05, 0.1) is 17.3 Å². The third-order valence-corrected chi connectivity index (χ3v) is 4.08. The van der Waals surface area contributed by atoms with E-state index in [4.69, 9.17) is 0 Å². The first-order valence-electron chi connectivity index (χ1n) is 6.42. The van der Waals surface area contributed by atoms with Gasteiger partial charge < -0.3 is 5.32 Å². The summed E-state index contributed by atoms with van der Waals surface area (Å²) in [6.07, 6.45) is 0. The molecule has 0 bridgehead atoms. The molecule has 0 fully saturated rings. The van der Waals surface area contributed by atoms with Crippen LogP contribution in [0.2, 0.25) is 0 Å². The fourth-order valence-electron chi connectivity index (χ4n) is 2.08. The van der Waals surface area contributed by atoms with Gasteiger partial charge in [0.15, 0.2) is 0 Å². The summed E-state index contributed by atoms with van der Waals surface area (Å²) >= 11 is 1.75. The summed E-state index contributed by atoms with van der Waals surface area (Å²) in [4.78, 5) is 1.31. The summed E-state index contributed by atoms with van der Waals surface area (Å²) in [5.74, 6) is 0.464. The van der Waals surface area contributed by atoms with E-state index in [2.05, 4.69) is 42.7 Å². The minimum absolute atomic E-state index is 0.244. The lowest BCUT2D eigenvalue weighted by Crippen LogP contribution is -2.16. The number of nitriles is 1. The van der Waals surface area contributed by atoms with E-state index in [0.29, 0.717) is 11.5 Å². The normalized spacial score (nSPS) is 12.2. The van der Waals surface area contributed by atoms with Crippen LogP contribution in [0.25, 0.3) is 0 Å². The van der Waals surface area contributed by atoms with Crippen molar-refractivity contribution in [2.24, 2.45) is 5.92 Å². The number of rotatable bonds is 4. The van der Waals surface area contributed by atoms with Gasteiger partial charge in [-0.15, -0.1) is 11.3 Å². The number of hydrogen-bond acceptors (Lipinski definition) is 3. The molecule has 0 saturated heterocycles. The van der Waals surface area contributed by atoms with E-state index >= 15 is 0 Å². The van der Waals surface area contributed by atoms with Crippen LogP contribution < -0.4 is 5.32 Å². The summed E-state index contributed by atoms with van der Waals surface area (Å²) < 4.78 is 0. The van der Waals surface area contributed by atoms with Crippen molar-refractivity contribution < 1.29 is 0 Å². The number of hydrogen-bond donors (Lipinski definition) is 1. The Kier molecular flexibility index (Phi) is 4.24. The predicted octanol–water partition coefficient (Wildman–Crippen LogP) is 4.74. The molecule has 1 unspecified atom stereocenters. The summed E-state index contributed by atoms with van der Waals surface area (Å²) in [6.45, 7) is 6.43. The smallest absolute Gasteiger partial charge is 0.101 e. The van der Waals surface area contributed by atoms with E-state index in [-0.39, 0.29) is 6.04 Å². The van der Waals surface area contributed by atoms with Crippen LogP contribution in [0.15, 0.2) is 35.7 Å². The van der Waals surface area contributed by atoms with Gasteiger partial charge in [0.1, 0.15) is 6.07 Å². The zero-order chi connectivity index (χ0) is 13.8. The molecule has 1 aromatic heterocycles. The van der Waals surface area contributed by atoms with E-state index in [9.17, 15) is 5.26 Å². The first kappa shape index (κ1) is 13.6. The van der Waals surface area contributed by atoms with Crippen molar-refractivity contribution in [2.45, 2.75) is 26.8 Å². The molecule has 2 nitrogen and oxygen atoms in total. The Hall–Kier alpha value is -1.79. The van der Waals surface area contributed by atoms with Crippen LogP contribution in [-0.2, 0) is 0 Å². The zero-order valence-corrected chi connectivity index (χ0v) is 12.3. The Morgan fingerprint density at radius 3 is 2.63 bits per heavy atom. The van der Waals surface area contributed by atoms with Crippen LogP contribution in [0.4, 0.5) is 5.69 Å². The van der Waals surface area contributed by atoms with Gasteiger partial charge in [0, 0.05) is 4.88 Å². The number of anilines is 1. The number of thiophene rings is 1. The summed E-state index contributed by atoms with van der Waals surface area (Å²) in [6, 6.07) is 12.6. The first-order valence-corrected chi connectivity index (χ1v) is 7.30. The van der Waals surface area contributed by atoms with Crippen LogP contribution in [0, 0.1) is 24.2 Å². The lowest BCUT2D eigenvalue weighted by Gasteiger charge is -2.23. The summed E-state index contributed by atoms with van der Waals surface area (Å²) in [7, 11) is 0. The number of benzene rings is 1. The highest BCUT2D eigenvalue weighted by Gasteiger charge is 2.17. The first-order chi connectivity index (χ1) is 9.11. The minimum Gasteiger partial charge on any atom is -0.376 e. The maximum Gasteiger partial charge on any atom is 0.101 e. The SMILES string of the molecule is Cc1ccc(C#N)c(NC(c2cccs2)C(C)C)c1. The van der Waals surface area contributed by atoms with E-state index in [1.165, 1.54) is 4.88 Å². The van der Waals surface area contributed by atoms with Gasteiger partial charge in [-0.05, 0) is 42.0 Å².